The molecule has 16 heavy (non-hydrogen) atoms. The lowest BCUT2D eigenvalue weighted by Crippen LogP contribution is -2.44. The largest absolute Gasteiger partial charge is 0.393 e. The Morgan fingerprint density at radius 1 is 1.62 bits per heavy atom. The standard InChI is InChI=1S/C11H20N2O2S/c1-8(7-10(12)16)13(2)11(14)9-5-3-4-6-15-9/h8-9H,3-7H2,1-2H3,(H2,12,16). The maximum atomic E-state index is 12.0. The number of rotatable bonds is 4. The van der Waals surface area contributed by atoms with Gasteiger partial charge in [0.15, 0.2) is 0 Å². The third-order valence-corrected chi connectivity index (χ3v) is 3.13. The maximum Gasteiger partial charge on any atom is 0.251 e. The highest BCUT2D eigenvalue weighted by Gasteiger charge is 2.27. The molecule has 1 rings (SSSR count). The Hall–Kier alpha value is -0.680. The number of carbonyl (C=O) groups is 1. The van der Waals surface area contributed by atoms with Crippen molar-refractivity contribution in [1.82, 2.24) is 4.90 Å². The molecule has 2 atom stereocenters. The lowest BCUT2D eigenvalue weighted by atomic mass is 10.1. The Kier molecular flexibility index (Phi) is 5.15. The molecule has 5 heteroatoms. The summed E-state index contributed by atoms with van der Waals surface area (Å²) >= 11 is 4.84. The SMILES string of the molecule is CC(CC(N)=S)N(C)C(=O)C1CCCCO1. The van der Waals surface area contributed by atoms with Gasteiger partial charge in [-0.05, 0) is 26.2 Å². The molecule has 0 radical (unpaired) electrons. The molecule has 1 fully saturated rings. The maximum absolute atomic E-state index is 12.0. The zero-order chi connectivity index (χ0) is 12.1. The van der Waals surface area contributed by atoms with E-state index in [0.29, 0.717) is 18.0 Å². The van der Waals surface area contributed by atoms with Crippen molar-refractivity contribution in [1.29, 1.82) is 0 Å². The average Bonchev–Trinajstić information content (AvgIpc) is 2.27. The van der Waals surface area contributed by atoms with E-state index in [1.54, 1.807) is 11.9 Å². The van der Waals surface area contributed by atoms with Crippen LogP contribution in [0.25, 0.3) is 0 Å². The van der Waals surface area contributed by atoms with Crippen LogP contribution < -0.4 is 5.73 Å². The minimum Gasteiger partial charge on any atom is -0.393 e. The van der Waals surface area contributed by atoms with E-state index >= 15 is 0 Å². The molecule has 0 aliphatic carbocycles. The molecule has 4 nitrogen and oxygen atoms in total. The Bertz CT molecular complexity index is 265. The predicted octanol–water partition coefficient (Wildman–Crippen LogP) is 1.08. The first-order valence-electron chi connectivity index (χ1n) is 5.69. The molecule has 1 saturated heterocycles. The fraction of sp³-hybridized carbons (Fsp3) is 0.818. The van der Waals surface area contributed by atoms with E-state index in [4.69, 9.17) is 22.7 Å². The van der Waals surface area contributed by atoms with Crippen LogP contribution in [0.4, 0.5) is 0 Å². The van der Waals surface area contributed by atoms with Gasteiger partial charge >= 0.3 is 0 Å². The highest BCUT2D eigenvalue weighted by Crippen LogP contribution is 2.16. The van der Waals surface area contributed by atoms with Crippen LogP contribution in [0.2, 0.25) is 0 Å². The van der Waals surface area contributed by atoms with Crippen molar-refractivity contribution in [2.24, 2.45) is 5.73 Å². The fourth-order valence-corrected chi connectivity index (χ4v) is 2.05. The monoisotopic (exact) mass is 244 g/mol. The minimum atomic E-state index is -0.271. The van der Waals surface area contributed by atoms with Crippen LogP contribution in [-0.4, -0.2) is 41.6 Å². The predicted molar refractivity (Wildman–Crippen MR) is 67.2 cm³/mol. The molecular weight excluding hydrogens is 224 g/mol. The van der Waals surface area contributed by atoms with E-state index < -0.39 is 0 Å². The van der Waals surface area contributed by atoms with Gasteiger partial charge in [0.2, 0.25) is 0 Å². The van der Waals surface area contributed by atoms with Gasteiger partial charge in [-0.3, -0.25) is 4.79 Å². The summed E-state index contributed by atoms with van der Waals surface area (Å²) in [4.78, 5) is 14.2. The number of carbonyl (C=O) groups excluding carboxylic acids is 1. The lowest BCUT2D eigenvalue weighted by molar-refractivity contribution is -0.146. The summed E-state index contributed by atoms with van der Waals surface area (Å²) in [6.07, 6.45) is 3.23. The molecule has 0 aromatic heterocycles. The van der Waals surface area contributed by atoms with Gasteiger partial charge in [0, 0.05) is 26.1 Å². The third-order valence-electron chi connectivity index (χ3n) is 2.96. The minimum absolute atomic E-state index is 0.0375. The van der Waals surface area contributed by atoms with E-state index in [-0.39, 0.29) is 18.1 Å². The average molecular weight is 244 g/mol. The third kappa shape index (κ3) is 3.72. The number of hydrogen-bond donors (Lipinski definition) is 1. The number of nitrogens with zero attached hydrogens (tertiary/aromatic N) is 1. The first kappa shape index (κ1) is 13.4. The van der Waals surface area contributed by atoms with Crippen LogP contribution in [0.15, 0.2) is 0 Å². The van der Waals surface area contributed by atoms with E-state index in [9.17, 15) is 4.79 Å². The first-order chi connectivity index (χ1) is 7.52. The van der Waals surface area contributed by atoms with Crippen molar-refractivity contribution in [3.8, 4) is 0 Å². The second-order valence-corrected chi connectivity index (χ2v) is 4.85. The summed E-state index contributed by atoms with van der Waals surface area (Å²) in [5.74, 6) is 0.0449. The van der Waals surface area contributed by atoms with Crippen molar-refractivity contribution >= 4 is 23.1 Å². The van der Waals surface area contributed by atoms with Gasteiger partial charge < -0.3 is 15.4 Å². The molecule has 0 spiro atoms. The summed E-state index contributed by atoms with van der Waals surface area (Å²) in [6, 6.07) is 0.0375. The van der Waals surface area contributed by atoms with Gasteiger partial charge in [-0.2, -0.15) is 0 Å². The van der Waals surface area contributed by atoms with Crippen molar-refractivity contribution in [3.63, 3.8) is 0 Å². The van der Waals surface area contributed by atoms with Gasteiger partial charge in [0.05, 0.1) is 4.99 Å². The van der Waals surface area contributed by atoms with E-state index in [1.165, 1.54) is 0 Å². The van der Waals surface area contributed by atoms with E-state index in [2.05, 4.69) is 0 Å². The molecule has 92 valence electrons. The molecule has 1 amide bonds. The Balaban J connectivity index is 2.48. The first-order valence-corrected chi connectivity index (χ1v) is 6.09. The van der Waals surface area contributed by atoms with Crippen LogP contribution in [-0.2, 0) is 9.53 Å². The van der Waals surface area contributed by atoms with Gasteiger partial charge in [0.25, 0.3) is 5.91 Å². The number of nitrogens with two attached hydrogens (primary N) is 1. The van der Waals surface area contributed by atoms with Crippen molar-refractivity contribution in [2.45, 2.75) is 44.8 Å². The van der Waals surface area contributed by atoms with Gasteiger partial charge in [-0.25, -0.2) is 0 Å². The molecule has 0 aromatic carbocycles. The summed E-state index contributed by atoms with van der Waals surface area (Å²) in [5, 5.41) is 0. The van der Waals surface area contributed by atoms with Gasteiger partial charge in [0.1, 0.15) is 6.10 Å². The summed E-state index contributed by atoms with van der Waals surface area (Å²) in [7, 11) is 1.78. The zero-order valence-electron chi connectivity index (χ0n) is 9.94. The smallest absolute Gasteiger partial charge is 0.251 e. The molecule has 2 N–H and O–H groups in total. The van der Waals surface area contributed by atoms with Crippen LogP contribution in [0.5, 0.6) is 0 Å². The Labute approximate surface area is 102 Å². The van der Waals surface area contributed by atoms with Crippen molar-refractivity contribution in [2.75, 3.05) is 13.7 Å². The number of amides is 1. The number of hydrogen-bond acceptors (Lipinski definition) is 3. The van der Waals surface area contributed by atoms with Gasteiger partial charge in [-0.1, -0.05) is 12.2 Å². The number of likely N-dealkylation sites (N-methyl/N-ethyl adjacent to an activating group) is 1. The fourth-order valence-electron chi connectivity index (χ4n) is 1.81. The van der Waals surface area contributed by atoms with Crippen LogP contribution in [0, 0.1) is 0 Å². The van der Waals surface area contributed by atoms with Gasteiger partial charge in [-0.15, -0.1) is 0 Å². The second kappa shape index (κ2) is 6.15. The quantitative estimate of drug-likeness (QED) is 0.752. The Morgan fingerprint density at radius 3 is 2.81 bits per heavy atom. The zero-order valence-corrected chi connectivity index (χ0v) is 10.8. The summed E-state index contributed by atoms with van der Waals surface area (Å²) in [5.41, 5.74) is 5.47. The van der Waals surface area contributed by atoms with Crippen molar-refractivity contribution in [3.05, 3.63) is 0 Å². The number of thiocarbonyl (C=S) groups is 1. The molecule has 0 saturated carbocycles. The lowest BCUT2D eigenvalue weighted by Gasteiger charge is -2.30. The highest BCUT2D eigenvalue weighted by molar-refractivity contribution is 7.80. The van der Waals surface area contributed by atoms with Crippen LogP contribution in [0.1, 0.15) is 32.6 Å². The summed E-state index contributed by atoms with van der Waals surface area (Å²) < 4.78 is 5.46. The molecule has 1 aliphatic rings. The van der Waals surface area contributed by atoms with Crippen LogP contribution >= 0.6 is 12.2 Å². The normalized spacial score (nSPS) is 22.5. The summed E-state index contributed by atoms with van der Waals surface area (Å²) in [6.45, 7) is 2.63. The topological polar surface area (TPSA) is 55.6 Å². The second-order valence-electron chi connectivity index (χ2n) is 4.32. The molecule has 2 unspecified atom stereocenters. The molecule has 1 heterocycles. The Morgan fingerprint density at radius 2 is 2.31 bits per heavy atom. The highest BCUT2D eigenvalue weighted by atomic mass is 32.1. The van der Waals surface area contributed by atoms with Crippen molar-refractivity contribution < 1.29 is 9.53 Å². The molecule has 0 bridgehead atoms. The van der Waals surface area contributed by atoms with Crippen LogP contribution in [0.3, 0.4) is 0 Å². The molecular formula is C11H20N2O2S. The molecule has 1 aliphatic heterocycles. The molecule has 0 aromatic rings. The number of ether oxygens (including phenoxy) is 1. The van der Waals surface area contributed by atoms with E-state index in [0.717, 1.165) is 19.3 Å². The van der Waals surface area contributed by atoms with E-state index in [1.807, 2.05) is 6.92 Å².